The Morgan fingerprint density at radius 2 is 1.71 bits per heavy atom. The minimum atomic E-state index is 0.0731. The van der Waals surface area contributed by atoms with Gasteiger partial charge in [-0.3, -0.25) is 4.79 Å². The fraction of sp³-hybridized carbons (Fsp3) is 0.235. The number of nitrogens with zero attached hydrogens (tertiary/aromatic N) is 1. The molecule has 0 radical (unpaired) electrons. The summed E-state index contributed by atoms with van der Waals surface area (Å²) in [5.41, 5.74) is 8.23. The molecule has 0 fully saturated rings. The van der Waals surface area contributed by atoms with Crippen molar-refractivity contribution >= 4 is 28.9 Å². The van der Waals surface area contributed by atoms with Gasteiger partial charge >= 0.3 is 0 Å². The van der Waals surface area contributed by atoms with E-state index in [4.69, 9.17) is 17.3 Å². The first-order valence-electron chi connectivity index (χ1n) is 7.00. The van der Waals surface area contributed by atoms with Gasteiger partial charge in [-0.15, -0.1) is 0 Å². The van der Waals surface area contributed by atoms with Crippen LogP contribution in [0, 0.1) is 0 Å². The molecule has 1 amide bonds. The molecule has 2 N–H and O–H groups in total. The second-order valence-electron chi connectivity index (χ2n) is 4.94. The van der Waals surface area contributed by atoms with E-state index >= 15 is 0 Å². The predicted octanol–water partition coefficient (Wildman–Crippen LogP) is 3.91. The van der Waals surface area contributed by atoms with Gasteiger partial charge in [-0.1, -0.05) is 30.7 Å². The van der Waals surface area contributed by atoms with Crippen LogP contribution in [0.5, 0.6) is 0 Å². The molecule has 0 bridgehead atoms. The lowest BCUT2D eigenvalue weighted by Gasteiger charge is -2.22. The number of benzene rings is 2. The van der Waals surface area contributed by atoms with Gasteiger partial charge in [0.2, 0.25) is 5.91 Å². The van der Waals surface area contributed by atoms with Gasteiger partial charge in [0, 0.05) is 22.9 Å². The molecule has 0 spiro atoms. The van der Waals surface area contributed by atoms with Gasteiger partial charge in [-0.2, -0.15) is 0 Å². The van der Waals surface area contributed by atoms with Crippen LogP contribution in [0.4, 0.5) is 11.4 Å². The Kier molecular flexibility index (Phi) is 5.23. The number of hydrogen-bond donors (Lipinski definition) is 1. The van der Waals surface area contributed by atoms with Gasteiger partial charge < -0.3 is 10.6 Å². The van der Waals surface area contributed by atoms with Crippen molar-refractivity contribution in [2.45, 2.75) is 19.8 Å². The molecule has 0 aliphatic carbocycles. The fourth-order valence-corrected chi connectivity index (χ4v) is 2.27. The van der Waals surface area contributed by atoms with Crippen molar-refractivity contribution in [1.82, 2.24) is 0 Å². The number of nitrogen functional groups attached to an aromatic ring is 1. The second-order valence-corrected chi connectivity index (χ2v) is 5.38. The third-order valence-electron chi connectivity index (χ3n) is 3.22. The highest BCUT2D eigenvalue weighted by molar-refractivity contribution is 6.30. The highest BCUT2D eigenvalue weighted by Gasteiger charge is 2.15. The number of anilines is 2. The van der Waals surface area contributed by atoms with E-state index in [1.165, 1.54) is 0 Å². The Morgan fingerprint density at radius 3 is 2.29 bits per heavy atom. The molecule has 0 aliphatic heterocycles. The molecule has 0 heterocycles. The first-order valence-corrected chi connectivity index (χ1v) is 7.38. The number of hydrogen-bond acceptors (Lipinski definition) is 2. The average Bonchev–Trinajstić information content (AvgIpc) is 2.48. The Labute approximate surface area is 130 Å². The Hall–Kier alpha value is -2.00. The second kappa shape index (κ2) is 7.14. The molecule has 3 nitrogen and oxygen atoms in total. The monoisotopic (exact) mass is 302 g/mol. The van der Waals surface area contributed by atoms with E-state index in [-0.39, 0.29) is 5.91 Å². The summed E-state index contributed by atoms with van der Waals surface area (Å²) in [7, 11) is 0. The molecule has 0 saturated carbocycles. The molecule has 0 unspecified atom stereocenters. The lowest BCUT2D eigenvalue weighted by molar-refractivity contribution is -0.118. The Balaban J connectivity index is 2.15. The Morgan fingerprint density at radius 1 is 1.10 bits per heavy atom. The molecule has 110 valence electrons. The van der Waals surface area contributed by atoms with Crippen LogP contribution in [0.25, 0.3) is 0 Å². The number of halogens is 1. The quantitative estimate of drug-likeness (QED) is 0.851. The normalized spacial score (nSPS) is 10.4. The van der Waals surface area contributed by atoms with Crippen LogP contribution in [-0.2, 0) is 11.2 Å². The molecule has 0 aromatic heterocycles. The highest BCUT2D eigenvalue weighted by atomic mass is 35.5. The van der Waals surface area contributed by atoms with Crippen LogP contribution in [-0.4, -0.2) is 12.5 Å². The molecule has 2 aromatic rings. The molecule has 21 heavy (non-hydrogen) atoms. The van der Waals surface area contributed by atoms with Gasteiger partial charge in [-0.25, -0.2) is 0 Å². The lowest BCUT2D eigenvalue weighted by Crippen LogP contribution is -2.32. The van der Waals surface area contributed by atoms with E-state index in [0.29, 0.717) is 23.7 Å². The van der Waals surface area contributed by atoms with E-state index in [9.17, 15) is 4.79 Å². The molecule has 0 aliphatic rings. The van der Waals surface area contributed by atoms with Crippen molar-refractivity contribution in [2.24, 2.45) is 0 Å². The zero-order valence-electron chi connectivity index (χ0n) is 12.1. The van der Waals surface area contributed by atoms with E-state index < -0.39 is 0 Å². The fourth-order valence-electron chi connectivity index (χ4n) is 2.15. The number of carbonyl (C=O) groups excluding carboxylic acids is 1. The first-order chi connectivity index (χ1) is 10.1. The van der Waals surface area contributed by atoms with Crippen LogP contribution >= 0.6 is 11.6 Å². The maximum Gasteiger partial charge on any atom is 0.231 e. The van der Waals surface area contributed by atoms with Crippen LogP contribution in [0.3, 0.4) is 0 Å². The number of rotatable bonds is 5. The minimum absolute atomic E-state index is 0.0731. The highest BCUT2D eigenvalue weighted by Crippen LogP contribution is 2.19. The van der Waals surface area contributed by atoms with Gasteiger partial charge in [0.05, 0.1) is 6.42 Å². The van der Waals surface area contributed by atoms with Gasteiger partial charge in [0.1, 0.15) is 0 Å². The molecule has 2 rings (SSSR count). The molecule has 2 aromatic carbocycles. The molecule has 0 atom stereocenters. The van der Waals surface area contributed by atoms with Crippen LogP contribution in [0.1, 0.15) is 18.9 Å². The van der Waals surface area contributed by atoms with Crippen molar-refractivity contribution in [2.75, 3.05) is 17.2 Å². The minimum Gasteiger partial charge on any atom is -0.399 e. The summed E-state index contributed by atoms with van der Waals surface area (Å²) in [6, 6.07) is 14.8. The van der Waals surface area contributed by atoms with Gasteiger partial charge in [0.15, 0.2) is 0 Å². The topological polar surface area (TPSA) is 46.3 Å². The summed E-state index contributed by atoms with van der Waals surface area (Å²) in [4.78, 5) is 14.3. The number of amides is 1. The standard InChI is InChI=1S/C17H19ClN2O/c1-2-11-20(16-9-7-15(19)8-10-16)17(21)12-13-3-5-14(18)6-4-13/h3-10H,2,11-12,19H2,1H3. The zero-order valence-corrected chi connectivity index (χ0v) is 12.8. The number of carbonyl (C=O) groups is 1. The van der Waals surface area contributed by atoms with Crippen molar-refractivity contribution in [1.29, 1.82) is 0 Å². The van der Waals surface area contributed by atoms with E-state index in [1.54, 1.807) is 17.0 Å². The van der Waals surface area contributed by atoms with E-state index in [2.05, 4.69) is 6.92 Å². The SMILES string of the molecule is CCCN(C(=O)Cc1ccc(Cl)cc1)c1ccc(N)cc1. The summed E-state index contributed by atoms with van der Waals surface area (Å²) in [5, 5.41) is 0.676. The Bertz CT molecular complexity index is 593. The molecular weight excluding hydrogens is 284 g/mol. The smallest absolute Gasteiger partial charge is 0.231 e. The van der Waals surface area contributed by atoms with Crippen LogP contribution < -0.4 is 10.6 Å². The summed E-state index contributed by atoms with van der Waals surface area (Å²) >= 11 is 5.86. The zero-order chi connectivity index (χ0) is 15.2. The molecule has 4 heteroatoms. The van der Waals surface area contributed by atoms with Crippen LogP contribution in [0.15, 0.2) is 48.5 Å². The molecular formula is C17H19ClN2O. The van der Waals surface area contributed by atoms with E-state index in [1.807, 2.05) is 36.4 Å². The molecule has 0 saturated heterocycles. The number of nitrogens with two attached hydrogens (primary N) is 1. The lowest BCUT2D eigenvalue weighted by atomic mass is 10.1. The van der Waals surface area contributed by atoms with Crippen molar-refractivity contribution in [3.05, 3.63) is 59.1 Å². The van der Waals surface area contributed by atoms with Gasteiger partial charge in [0.25, 0.3) is 0 Å². The summed E-state index contributed by atoms with van der Waals surface area (Å²) in [6.07, 6.45) is 1.26. The predicted molar refractivity (Wildman–Crippen MR) is 88.7 cm³/mol. The maximum atomic E-state index is 12.5. The van der Waals surface area contributed by atoms with Crippen molar-refractivity contribution < 1.29 is 4.79 Å². The third-order valence-corrected chi connectivity index (χ3v) is 3.47. The summed E-state index contributed by atoms with van der Waals surface area (Å²) in [6.45, 7) is 2.75. The largest absolute Gasteiger partial charge is 0.399 e. The maximum absolute atomic E-state index is 12.5. The van der Waals surface area contributed by atoms with E-state index in [0.717, 1.165) is 17.7 Å². The first kappa shape index (κ1) is 15.4. The average molecular weight is 303 g/mol. The summed E-state index contributed by atoms with van der Waals surface area (Å²) in [5.74, 6) is 0.0731. The third kappa shape index (κ3) is 4.23. The van der Waals surface area contributed by atoms with Gasteiger partial charge in [-0.05, 0) is 48.4 Å². The van der Waals surface area contributed by atoms with Crippen LogP contribution in [0.2, 0.25) is 5.02 Å². The summed E-state index contributed by atoms with van der Waals surface area (Å²) < 4.78 is 0. The van der Waals surface area contributed by atoms with Crippen molar-refractivity contribution in [3.8, 4) is 0 Å². The van der Waals surface area contributed by atoms with Crippen molar-refractivity contribution in [3.63, 3.8) is 0 Å².